The first-order chi connectivity index (χ1) is 8.80. The molecule has 0 unspecified atom stereocenters. The van der Waals surface area contributed by atoms with Crippen LogP contribution < -0.4 is 5.32 Å². The van der Waals surface area contributed by atoms with Gasteiger partial charge in [-0.1, -0.05) is 11.6 Å². The zero-order chi connectivity index (χ0) is 14.2. The van der Waals surface area contributed by atoms with Crippen molar-refractivity contribution in [3.05, 3.63) is 29.0 Å². The maximum atomic E-state index is 13.0. The van der Waals surface area contributed by atoms with E-state index in [0.29, 0.717) is 13.1 Å². The van der Waals surface area contributed by atoms with Crippen LogP contribution in [-0.4, -0.2) is 37.9 Å². The Labute approximate surface area is 117 Å². The number of nitrogens with one attached hydrogen (secondary N) is 1. The van der Waals surface area contributed by atoms with Crippen molar-refractivity contribution >= 4 is 21.6 Å². The Bertz CT molecular complexity index is 569. The van der Waals surface area contributed by atoms with Crippen molar-refractivity contribution in [1.82, 2.24) is 9.62 Å². The van der Waals surface area contributed by atoms with Crippen molar-refractivity contribution in [3.63, 3.8) is 0 Å². The molecule has 4 nitrogen and oxygen atoms in total. The number of benzene rings is 1. The number of halogens is 2. The third-order valence-corrected chi connectivity index (χ3v) is 5.35. The summed E-state index contributed by atoms with van der Waals surface area (Å²) < 4.78 is 39.4. The summed E-state index contributed by atoms with van der Waals surface area (Å²) in [7, 11) is -3.68. The van der Waals surface area contributed by atoms with Crippen molar-refractivity contribution < 1.29 is 12.8 Å². The van der Waals surface area contributed by atoms with E-state index in [1.807, 2.05) is 13.8 Å². The molecule has 1 aliphatic heterocycles. The maximum absolute atomic E-state index is 13.0. The van der Waals surface area contributed by atoms with Crippen LogP contribution in [0.3, 0.4) is 0 Å². The van der Waals surface area contributed by atoms with E-state index >= 15 is 0 Å². The molecule has 0 aliphatic carbocycles. The monoisotopic (exact) mass is 306 g/mol. The lowest BCUT2D eigenvalue weighted by Gasteiger charge is -2.35. The van der Waals surface area contributed by atoms with E-state index in [1.165, 1.54) is 10.4 Å². The number of piperazine rings is 1. The van der Waals surface area contributed by atoms with Crippen molar-refractivity contribution in [2.24, 2.45) is 0 Å². The molecule has 0 amide bonds. The summed E-state index contributed by atoms with van der Waals surface area (Å²) in [5.74, 6) is -0.550. The molecule has 1 aliphatic rings. The second kappa shape index (κ2) is 5.36. The van der Waals surface area contributed by atoms with Crippen LogP contribution in [0.25, 0.3) is 0 Å². The van der Waals surface area contributed by atoms with Gasteiger partial charge in [-0.05, 0) is 32.0 Å². The normalized spacial score (nSPS) is 25.5. The summed E-state index contributed by atoms with van der Waals surface area (Å²) in [4.78, 5) is -0.0446. The fourth-order valence-corrected chi connectivity index (χ4v) is 4.42. The quantitative estimate of drug-likeness (QED) is 0.907. The topological polar surface area (TPSA) is 49.4 Å². The SMILES string of the molecule is C[C@H]1CN(S(=O)(=O)c2ccc(F)cc2Cl)C[C@H](C)N1. The summed E-state index contributed by atoms with van der Waals surface area (Å²) in [5.41, 5.74) is 0. The first kappa shape index (κ1) is 14.7. The molecule has 0 spiro atoms. The molecular formula is C12H16ClFN2O2S. The number of hydrogen-bond donors (Lipinski definition) is 1. The summed E-state index contributed by atoms with van der Waals surface area (Å²) in [6.45, 7) is 4.59. The van der Waals surface area contributed by atoms with Crippen molar-refractivity contribution in [3.8, 4) is 0 Å². The van der Waals surface area contributed by atoms with E-state index in [0.717, 1.165) is 12.1 Å². The van der Waals surface area contributed by atoms with Gasteiger partial charge in [-0.25, -0.2) is 12.8 Å². The number of nitrogens with zero attached hydrogens (tertiary/aromatic N) is 1. The lowest BCUT2D eigenvalue weighted by atomic mass is 10.2. The Morgan fingerprint density at radius 2 is 1.89 bits per heavy atom. The highest BCUT2D eigenvalue weighted by Gasteiger charge is 2.32. The zero-order valence-electron chi connectivity index (χ0n) is 10.7. The molecule has 19 heavy (non-hydrogen) atoms. The second-order valence-electron chi connectivity index (χ2n) is 4.87. The van der Waals surface area contributed by atoms with Crippen molar-refractivity contribution in [1.29, 1.82) is 0 Å². The molecule has 1 fully saturated rings. The summed E-state index contributed by atoms with van der Waals surface area (Å²) in [6, 6.07) is 3.47. The average molecular weight is 307 g/mol. The molecule has 0 saturated carbocycles. The fourth-order valence-electron chi connectivity index (χ4n) is 2.30. The van der Waals surface area contributed by atoms with Crippen LogP contribution in [0, 0.1) is 5.82 Å². The van der Waals surface area contributed by atoms with Crippen LogP contribution in [0.4, 0.5) is 4.39 Å². The number of sulfonamides is 1. The Morgan fingerprint density at radius 1 is 1.32 bits per heavy atom. The highest BCUT2D eigenvalue weighted by molar-refractivity contribution is 7.89. The van der Waals surface area contributed by atoms with Crippen molar-refractivity contribution in [2.75, 3.05) is 13.1 Å². The summed E-state index contributed by atoms with van der Waals surface area (Å²) in [6.07, 6.45) is 0. The maximum Gasteiger partial charge on any atom is 0.244 e. The minimum absolute atomic E-state index is 0.0446. The van der Waals surface area contributed by atoms with Gasteiger partial charge in [0.2, 0.25) is 10.0 Å². The summed E-state index contributed by atoms with van der Waals surface area (Å²) >= 11 is 5.84. The van der Waals surface area contributed by atoms with Crippen molar-refractivity contribution in [2.45, 2.75) is 30.8 Å². The Kier molecular flexibility index (Phi) is 4.15. The molecule has 2 atom stereocenters. The molecular weight excluding hydrogens is 291 g/mol. The van der Waals surface area contributed by atoms with Crippen LogP contribution in [0.2, 0.25) is 5.02 Å². The first-order valence-corrected chi connectivity index (χ1v) is 7.84. The van der Waals surface area contributed by atoms with E-state index in [9.17, 15) is 12.8 Å². The summed E-state index contributed by atoms with van der Waals surface area (Å²) in [5, 5.41) is 3.17. The largest absolute Gasteiger partial charge is 0.309 e. The van der Waals surface area contributed by atoms with Gasteiger partial charge in [0, 0.05) is 25.2 Å². The average Bonchev–Trinajstić information content (AvgIpc) is 2.26. The van der Waals surface area contributed by atoms with Gasteiger partial charge in [-0.2, -0.15) is 4.31 Å². The van der Waals surface area contributed by atoms with Gasteiger partial charge in [0.05, 0.1) is 5.02 Å². The van der Waals surface area contributed by atoms with Crippen LogP contribution in [-0.2, 0) is 10.0 Å². The highest BCUT2D eigenvalue weighted by Crippen LogP contribution is 2.26. The molecule has 1 aromatic rings. The second-order valence-corrected chi connectivity index (χ2v) is 7.18. The Balaban J connectivity index is 2.36. The predicted molar refractivity (Wildman–Crippen MR) is 72.2 cm³/mol. The van der Waals surface area contributed by atoms with E-state index < -0.39 is 15.8 Å². The van der Waals surface area contributed by atoms with Gasteiger partial charge in [-0.15, -0.1) is 0 Å². The van der Waals surface area contributed by atoms with E-state index in [1.54, 1.807) is 0 Å². The van der Waals surface area contributed by atoms with E-state index in [2.05, 4.69) is 5.32 Å². The van der Waals surface area contributed by atoms with Crippen LogP contribution in [0.5, 0.6) is 0 Å². The van der Waals surface area contributed by atoms with Gasteiger partial charge in [0.15, 0.2) is 0 Å². The molecule has 1 aromatic carbocycles. The molecule has 1 N–H and O–H groups in total. The minimum atomic E-state index is -3.68. The molecule has 0 bridgehead atoms. The molecule has 1 saturated heterocycles. The van der Waals surface area contributed by atoms with E-state index in [-0.39, 0.29) is 22.0 Å². The molecule has 7 heteroatoms. The third kappa shape index (κ3) is 3.08. The molecule has 0 aromatic heterocycles. The molecule has 0 radical (unpaired) electrons. The van der Waals surface area contributed by atoms with Gasteiger partial charge >= 0.3 is 0 Å². The third-order valence-electron chi connectivity index (χ3n) is 3.04. The highest BCUT2D eigenvalue weighted by atomic mass is 35.5. The fraction of sp³-hybridized carbons (Fsp3) is 0.500. The predicted octanol–water partition coefficient (Wildman–Crippen LogP) is 1.85. The number of rotatable bonds is 2. The zero-order valence-corrected chi connectivity index (χ0v) is 12.3. The van der Waals surface area contributed by atoms with Gasteiger partial charge in [0.1, 0.15) is 10.7 Å². The standard InChI is InChI=1S/C12H16ClFN2O2S/c1-8-6-16(7-9(2)15-8)19(17,18)12-4-3-10(14)5-11(12)13/h3-5,8-9,15H,6-7H2,1-2H3/t8-,9-/m0/s1. The van der Waals surface area contributed by atoms with Crippen LogP contribution >= 0.6 is 11.6 Å². The van der Waals surface area contributed by atoms with Crippen LogP contribution in [0.1, 0.15) is 13.8 Å². The lowest BCUT2D eigenvalue weighted by Crippen LogP contribution is -2.55. The number of hydrogen-bond acceptors (Lipinski definition) is 3. The van der Waals surface area contributed by atoms with Gasteiger partial charge in [-0.3, -0.25) is 0 Å². The lowest BCUT2D eigenvalue weighted by molar-refractivity contribution is 0.263. The Morgan fingerprint density at radius 3 is 2.42 bits per heavy atom. The molecule has 1 heterocycles. The van der Waals surface area contributed by atoms with Gasteiger partial charge < -0.3 is 5.32 Å². The van der Waals surface area contributed by atoms with Gasteiger partial charge in [0.25, 0.3) is 0 Å². The molecule has 106 valence electrons. The first-order valence-electron chi connectivity index (χ1n) is 6.02. The Hall–Kier alpha value is -0.690. The van der Waals surface area contributed by atoms with E-state index in [4.69, 9.17) is 11.6 Å². The van der Waals surface area contributed by atoms with Crippen LogP contribution in [0.15, 0.2) is 23.1 Å². The molecule has 2 rings (SSSR count). The smallest absolute Gasteiger partial charge is 0.244 e. The minimum Gasteiger partial charge on any atom is -0.309 e.